The van der Waals surface area contributed by atoms with Gasteiger partial charge in [-0.2, -0.15) is 10.2 Å². The molecule has 0 spiro atoms. The van der Waals surface area contributed by atoms with Gasteiger partial charge < -0.3 is 4.90 Å². The monoisotopic (exact) mass is 352 g/mol. The quantitative estimate of drug-likeness (QED) is 0.769. The summed E-state index contributed by atoms with van der Waals surface area (Å²) in [6.45, 7) is 4.71. The average Bonchev–Trinajstić information content (AvgIpc) is 2.62. The number of carbonyl (C=O) groups excluding carboxylic acids is 1. The van der Waals surface area contributed by atoms with Gasteiger partial charge in [0.2, 0.25) is 11.7 Å². The first-order valence-corrected chi connectivity index (χ1v) is 8.46. The zero-order valence-corrected chi connectivity index (χ0v) is 15.6. The Balaban J connectivity index is 2.20. The molecule has 1 heterocycles. The first-order valence-electron chi connectivity index (χ1n) is 8.46. The van der Waals surface area contributed by atoms with Crippen LogP contribution in [0.15, 0.2) is 36.5 Å². The highest BCUT2D eigenvalue weighted by Gasteiger charge is 2.18. The standard InChI is InChI=1S/C19H24N6O/c1-14(2)13-22-25(18-9-10-21-17(12-20)23-18)19(26)11-15-5-7-16(8-6-15)24(3)4/h5-10,14,22H,11,13H2,1-4H3. The number of anilines is 2. The Morgan fingerprint density at radius 1 is 1.23 bits per heavy atom. The Labute approximate surface area is 154 Å². The zero-order valence-electron chi connectivity index (χ0n) is 15.6. The molecule has 26 heavy (non-hydrogen) atoms. The first-order chi connectivity index (χ1) is 12.4. The van der Waals surface area contributed by atoms with Crippen molar-refractivity contribution in [1.82, 2.24) is 15.4 Å². The maximum absolute atomic E-state index is 12.9. The molecule has 0 saturated heterocycles. The van der Waals surface area contributed by atoms with Gasteiger partial charge in [-0.3, -0.25) is 4.79 Å². The lowest BCUT2D eigenvalue weighted by molar-refractivity contribution is -0.118. The van der Waals surface area contributed by atoms with E-state index in [0.29, 0.717) is 18.3 Å². The molecule has 136 valence electrons. The molecule has 0 aliphatic heterocycles. The molecule has 1 aromatic heterocycles. The number of benzene rings is 1. The van der Waals surface area contributed by atoms with Gasteiger partial charge in [0.1, 0.15) is 6.07 Å². The second-order valence-corrected chi connectivity index (χ2v) is 6.57. The van der Waals surface area contributed by atoms with Gasteiger partial charge >= 0.3 is 0 Å². The van der Waals surface area contributed by atoms with E-state index in [1.54, 1.807) is 6.07 Å². The minimum Gasteiger partial charge on any atom is -0.378 e. The number of nitrogens with one attached hydrogen (secondary N) is 1. The third-order valence-corrected chi connectivity index (χ3v) is 3.69. The van der Waals surface area contributed by atoms with Gasteiger partial charge in [-0.15, -0.1) is 0 Å². The zero-order chi connectivity index (χ0) is 19.1. The van der Waals surface area contributed by atoms with E-state index in [4.69, 9.17) is 5.26 Å². The fourth-order valence-electron chi connectivity index (χ4n) is 2.26. The van der Waals surface area contributed by atoms with Crippen LogP contribution in [-0.4, -0.2) is 36.5 Å². The van der Waals surface area contributed by atoms with Gasteiger partial charge in [0, 0.05) is 38.6 Å². The number of nitriles is 1. The highest BCUT2D eigenvalue weighted by Crippen LogP contribution is 2.15. The lowest BCUT2D eigenvalue weighted by atomic mass is 10.1. The summed E-state index contributed by atoms with van der Waals surface area (Å²) in [5.74, 6) is 0.599. The molecule has 0 bridgehead atoms. The largest absolute Gasteiger partial charge is 0.378 e. The lowest BCUT2D eigenvalue weighted by Gasteiger charge is -2.23. The van der Waals surface area contributed by atoms with E-state index in [-0.39, 0.29) is 18.2 Å². The Kier molecular flexibility index (Phi) is 6.64. The summed E-state index contributed by atoms with van der Waals surface area (Å²) in [6.07, 6.45) is 1.70. The summed E-state index contributed by atoms with van der Waals surface area (Å²) in [4.78, 5) is 22.9. The van der Waals surface area contributed by atoms with Crippen molar-refractivity contribution in [3.05, 3.63) is 47.9 Å². The molecule has 0 aliphatic carbocycles. The van der Waals surface area contributed by atoms with Crippen molar-refractivity contribution in [2.75, 3.05) is 30.5 Å². The van der Waals surface area contributed by atoms with Crippen LogP contribution in [0.2, 0.25) is 0 Å². The summed E-state index contributed by atoms with van der Waals surface area (Å²) in [5.41, 5.74) is 5.10. The molecule has 0 radical (unpaired) electrons. The number of hydrogen-bond acceptors (Lipinski definition) is 6. The van der Waals surface area contributed by atoms with E-state index in [1.165, 1.54) is 11.2 Å². The van der Waals surface area contributed by atoms with Crippen molar-refractivity contribution in [2.45, 2.75) is 20.3 Å². The number of amides is 1. The number of nitrogens with zero attached hydrogens (tertiary/aromatic N) is 5. The summed E-state index contributed by atoms with van der Waals surface area (Å²) >= 11 is 0. The Morgan fingerprint density at radius 3 is 2.50 bits per heavy atom. The number of hydrazine groups is 1. The molecule has 0 aliphatic rings. The normalized spacial score (nSPS) is 10.5. The number of carbonyl (C=O) groups is 1. The number of hydrogen-bond donors (Lipinski definition) is 1. The van der Waals surface area contributed by atoms with Gasteiger partial charge in [0.15, 0.2) is 5.82 Å². The third kappa shape index (κ3) is 5.26. The highest BCUT2D eigenvalue weighted by molar-refractivity contribution is 5.93. The fourth-order valence-corrected chi connectivity index (χ4v) is 2.26. The molecule has 0 saturated carbocycles. The minimum atomic E-state index is -0.147. The smallest absolute Gasteiger partial charge is 0.247 e. The molecule has 1 N–H and O–H groups in total. The van der Waals surface area contributed by atoms with Crippen molar-refractivity contribution in [3.63, 3.8) is 0 Å². The second kappa shape index (κ2) is 8.92. The van der Waals surface area contributed by atoms with Crippen molar-refractivity contribution >= 4 is 17.4 Å². The minimum absolute atomic E-state index is 0.0296. The first kappa shape index (κ1) is 19.3. The topological polar surface area (TPSA) is 85.2 Å². The van der Waals surface area contributed by atoms with E-state index in [0.717, 1.165) is 11.3 Å². The van der Waals surface area contributed by atoms with Crippen LogP contribution in [0.4, 0.5) is 11.5 Å². The van der Waals surface area contributed by atoms with Crippen LogP contribution in [0, 0.1) is 17.2 Å². The van der Waals surface area contributed by atoms with Gasteiger partial charge in [-0.1, -0.05) is 26.0 Å². The molecule has 0 atom stereocenters. The predicted molar refractivity (Wildman–Crippen MR) is 102 cm³/mol. The molecule has 1 amide bonds. The van der Waals surface area contributed by atoms with Crippen LogP contribution in [0.1, 0.15) is 25.2 Å². The highest BCUT2D eigenvalue weighted by atomic mass is 16.2. The summed E-state index contributed by atoms with van der Waals surface area (Å²) in [7, 11) is 3.94. The number of aromatic nitrogens is 2. The molecular formula is C19H24N6O. The Morgan fingerprint density at radius 2 is 1.92 bits per heavy atom. The lowest BCUT2D eigenvalue weighted by Crippen LogP contribution is -2.46. The van der Waals surface area contributed by atoms with Crippen LogP contribution in [-0.2, 0) is 11.2 Å². The predicted octanol–water partition coefficient (Wildman–Crippen LogP) is 2.15. The molecule has 0 unspecified atom stereocenters. The summed E-state index contributed by atoms with van der Waals surface area (Å²) in [5, 5.41) is 10.4. The van der Waals surface area contributed by atoms with E-state index >= 15 is 0 Å². The maximum Gasteiger partial charge on any atom is 0.247 e. The molecule has 0 fully saturated rings. The number of rotatable bonds is 7. The fraction of sp³-hybridized carbons (Fsp3) is 0.368. The second-order valence-electron chi connectivity index (χ2n) is 6.57. The Bertz CT molecular complexity index is 779. The summed E-state index contributed by atoms with van der Waals surface area (Å²) < 4.78 is 0. The Hall–Kier alpha value is -2.98. The van der Waals surface area contributed by atoms with E-state index < -0.39 is 0 Å². The van der Waals surface area contributed by atoms with Gasteiger partial charge in [0.05, 0.1) is 6.42 Å². The maximum atomic E-state index is 12.9. The molecule has 1 aromatic carbocycles. The van der Waals surface area contributed by atoms with Crippen LogP contribution < -0.4 is 15.3 Å². The molecule has 2 aromatic rings. The molecular weight excluding hydrogens is 328 g/mol. The third-order valence-electron chi connectivity index (χ3n) is 3.69. The summed E-state index contributed by atoms with van der Waals surface area (Å²) in [6, 6.07) is 11.3. The van der Waals surface area contributed by atoms with Crippen LogP contribution in [0.5, 0.6) is 0 Å². The van der Waals surface area contributed by atoms with Crippen molar-refractivity contribution in [2.24, 2.45) is 5.92 Å². The van der Waals surface area contributed by atoms with E-state index in [2.05, 4.69) is 29.2 Å². The van der Waals surface area contributed by atoms with Crippen molar-refractivity contribution in [1.29, 1.82) is 5.26 Å². The van der Waals surface area contributed by atoms with Gasteiger partial charge in [-0.05, 0) is 23.6 Å². The average molecular weight is 352 g/mol. The molecule has 7 heteroatoms. The van der Waals surface area contributed by atoms with Gasteiger partial charge in [0.25, 0.3) is 0 Å². The van der Waals surface area contributed by atoms with E-state index in [1.807, 2.05) is 49.3 Å². The van der Waals surface area contributed by atoms with Crippen LogP contribution >= 0.6 is 0 Å². The van der Waals surface area contributed by atoms with Crippen LogP contribution in [0.3, 0.4) is 0 Å². The molecule has 7 nitrogen and oxygen atoms in total. The SMILES string of the molecule is CC(C)CNN(C(=O)Cc1ccc(N(C)C)cc1)c1ccnc(C#N)n1. The van der Waals surface area contributed by atoms with Crippen molar-refractivity contribution in [3.8, 4) is 6.07 Å². The molecule has 2 rings (SSSR count). The van der Waals surface area contributed by atoms with E-state index in [9.17, 15) is 4.79 Å². The van der Waals surface area contributed by atoms with Gasteiger partial charge in [-0.25, -0.2) is 15.4 Å². The van der Waals surface area contributed by atoms with Crippen LogP contribution in [0.25, 0.3) is 0 Å². The van der Waals surface area contributed by atoms with Crippen molar-refractivity contribution < 1.29 is 4.79 Å².